The molecule has 0 heterocycles. The summed E-state index contributed by atoms with van der Waals surface area (Å²) in [5.74, 6) is 0. The Hall–Kier alpha value is -1.59. The maximum atomic E-state index is 10.3. The number of nitrogens with zero attached hydrogens (tertiary/aromatic N) is 1. The summed E-state index contributed by atoms with van der Waals surface area (Å²) >= 11 is 0. The Morgan fingerprint density at radius 3 is 2.62 bits per heavy atom. The van der Waals surface area contributed by atoms with Crippen LogP contribution < -0.4 is 0 Å². The summed E-state index contributed by atoms with van der Waals surface area (Å²) in [5.41, 5.74) is 0. The van der Waals surface area contributed by atoms with Crippen LogP contribution in [0.1, 0.15) is 12.8 Å². The zero-order chi connectivity index (χ0) is 9.84. The molecule has 1 aliphatic carbocycles. The van der Waals surface area contributed by atoms with Gasteiger partial charge >= 0.3 is 6.16 Å². The zero-order valence-corrected chi connectivity index (χ0v) is 6.75. The van der Waals surface area contributed by atoms with Gasteiger partial charge in [0.05, 0.1) is 0 Å². The second kappa shape index (κ2) is 3.88. The lowest BCUT2D eigenvalue weighted by molar-refractivity contribution is -0.511. The first-order chi connectivity index (χ1) is 6.09. The van der Waals surface area contributed by atoms with Gasteiger partial charge in [-0.25, -0.2) is 4.79 Å². The molecule has 0 saturated heterocycles. The van der Waals surface area contributed by atoms with Gasteiger partial charge in [0.2, 0.25) is 6.04 Å². The molecule has 0 radical (unpaired) electrons. The smallest absolute Gasteiger partial charge is 0.450 e. The van der Waals surface area contributed by atoms with Gasteiger partial charge in [-0.1, -0.05) is 0 Å². The van der Waals surface area contributed by atoms with Crippen molar-refractivity contribution in [3.05, 3.63) is 22.3 Å². The summed E-state index contributed by atoms with van der Waals surface area (Å²) in [4.78, 5) is 20.0. The van der Waals surface area contributed by atoms with Crippen LogP contribution >= 0.6 is 0 Å². The van der Waals surface area contributed by atoms with E-state index < -0.39 is 23.2 Å². The normalized spacial score (nSPS) is 26.8. The molecule has 0 amide bonds. The second-order valence-corrected chi connectivity index (χ2v) is 2.74. The van der Waals surface area contributed by atoms with Crippen LogP contribution in [0.3, 0.4) is 0 Å². The first-order valence-corrected chi connectivity index (χ1v) is 3.81. The number of carbonyl (C=O) groups is 1. The molecule has 2 unspecified atom stereocenters. The summed E-state index contributed by atoms with van der Waals surface area (Å²) in [5, 5.41) is 18.5. The van der Waals surface area contributed by atoms with Gasteiger partial charge in [0.15, 0.2) is 0 Å². The highest BCUT2D eigenvalue weighted by Gasteiger charge is 2.24. The van der Waals surface area contributed by atoms with Gasteiger partial charge in [0, 0.05) is 11.3 Å². The summed E-state index contributed by atoms with van der Waals surface area (Å²) in [6, 6.07) is -0.700. The predicted molar refractivity (Wildman–Crippen MR) is 42.1 cm³/mol. The van der Waals surface area contributed by atoms with Gasteiger partial charge < -0.3 is 9.84 Å². The summed E-state index contributed by atoms with van der Waals surface area (Å²) < 4.78 is 4.43. The fourth-order valence-corrected chi connectivity index (χ4v) is 1.18. The number of ether oxygens (including phenoxy) is 1. The van der Waals surface area contributed by atoms with Crippen LogP contribution in [0.5, 0.6) is 0 Å². The monoisotopic (exact) mass is 187 g/mol. The van der Waals surface area contributed by atoms with Gasteiger partial charge in [-0.3, -0.25) is 10.1 Å². The van der Waals surface area contributed by atoms with Crippen molar-refractivity contribution < 1.29 is 19.6 Å². The minimum absolute atomic E-state index is 0.321. The molecule has 72 valence electrons. The van der Waals surface area contributed by atoms with E-state index in [1.54, 1.807) is 0 Å². The Balaban J connectivity index is 2.47. The largest absolute Gasteiger partial charge is 0.506 e. The molecule has 1 N–H and O–H groups in total. The van der Waals surface area contributed by atoms with Crippen LogP contribution in [-0.4, -0.2) is 28.3 Å². The van der Waals surface area contributed by atoms with E-state index in [0.717, 1.165) is 0 Å². The van der Waals surface area contributed by atoms with Crippen molar-refractivity contribution in [1.82, 2.24) is 0 Å². The lowest BCUT2D eigenvalue weighted by atomic mass is 10.0. The number of nitro groups is 1. The first kappa shape index (κ1) is 9.50. The van der Waals surface area contributed by atoms with Crippen molar-refractivity contribution in [2.75, 3.05) is 0 Å². The number of rotatable bonds is 2. The molecule has 0 spiro atoms. The highest BCUT2D eigenvalue weighted by atomic mass is 16.7. The van der Waals surface area contributed by atoms with E-state index in [-0.39, 0.29) is 0 Å². The van der Waals surface area contributed by atoms with Crippen molar-refractivity contribution in [2.24, 2.45) is 0 Å². The van der Waals surface area contributed by atoms with E-state index in [2.05, 4.69) is 4.74 Å². The molecule has 13 heavy (non-hydrogen) atoms. The molecular formula is C7H9NO5. The molecule has 2 atom stereocenters. The van der Waals surface area contributed by atoms with E-state index in [1.165, 1.54) is 12.2 Å². The average molecular weight is 187 g/mol. The Bertz CT molecular complexity index is 249. The first-order valence-electron chi connectivity index (χ1n) is 3.81. The van der Waals surface area contributed by atoms with Gasteiger partial charge in [0.1, 0.15) is 6.10 Å². The van der Waals surface area contributed by atoms with Crippen molar-refractivity contribution in [3.8, 4) is 0 Å². The van der Waals surface area contributed by atoms with E-state index in [0.29, 0.717) is 12.8 Å². The molecule has 6 nitrogen and oxygen atoms in total. The summed E-state index contributed by atoms with van der Waals surface area (Å²) in [6.07, 6.45) is 1.60. The lowest BCUT2D eigenvalue weighted by Crippen LogP contribution is -2.26. The standard InChI is InChI=1S/C7H9NO5/c9-7(10)13-6-3-1-5(2-4-6)8(11)12/h1,3,5-6H,2,4H2,(H,9,10). The predicted octanol–water partition coefficient (Wildman–Crippen LogP) is 1.04. The third kappa shape index (κ3) is 2.73. The van der Waals surface area contributed by atoms with Gasteiger partial charge in [-0.15, -0.1) is 0 Å². The lowest BCUT2D eigenvalue weighted by Gasteiger charge is -2.16. The highest BCUT2D eigenvalue weighted by molar-refractivity contribution is 5.57. The third-order valence-electron chi connectivity index (χ3n) is 1.82. The van der Waals surface area contributed by atoms with Gasteiger partial charge in [0.25, 0.3) is 0 Å². The molecule has 0 fully saturated rings. The molecule has 0 aromatic heterocycles. The van der Waals surface area contributed by atoms with Crippen molar-refractivity contribution >= 4 is 6.16 Å². The van der Waals surface area contributed by atoms with Crippen LogP contribution in [0, 0.1) is 10.1 Å². The van der Waals surface area contributed by atoms with E-state index in [1.807, 2.05) is 0 Å². The third-order valence-corrected chi connectivity index (χ3v) is 1.82. The van der Waals surface area contributed by atoms with Gasteiger partial charge in [-0.2, -0.15) is 0 Å². The fourth-order valence-electron chi connectivity index (χ4n) is 1.18. The van der Waals surface area contributed by atoms with E-state index in [9.17, 15) is 14.9 Å². The summed E-state index contributed by atoms with van der Waals surface area (Å²) in [6.45, 7) is 0. The highest BCUT2D eigenvalue weighted by Crippen LogP contribution is 2.16. The quantitative estimate of drug-likeness (QED) is 0.302. The van der Waals surface area contributed by atoms with E-state index >= 15 is 0 Å². The zero-order valence-electron chi connectivity index (χ0n) is 6.75. The van der Waals surface area contributed by atoms with E-state index in [4.69, 9.17) is 5.11 Å². The van der Waals surface area contributed by atoms with Gasteiger partial charge in [-0.05, 0) is 18.6 Å². The van der Waals surface area contributed by atoms with Crippen LogP contribution in [0.15, 0.2) is 12.2 Å². The molecular weight excluding hydrogens is 178 g/mol. The molecule has 0 bridgehead atoms. The average Bonchev–Trinajstić information content (AvgIpc) is 2.04. The topological polar surface area (TPSA) is 89.7 Å². The van der Waals surface area contributed by atoms with Crippen molar-refractivity contribution in [2.45, 2.75) is 25.0 Å². The Morgan fingerprint density at radius 1 is 1.54 bits per heavy atom. The SMILES string of the molecule is O=C(O)OC1C=CC([N+](=O)[O-])CC1. The molecule has 0 aromatic rings. The number of hydrogen-bond donors (Lipinski definition) is 1. The Morgan fingerprint density at radius 2 is 2.23 bits per heavy atom. The molecule has 1 rings (SSSR count). The number of hydrogen-bond acceptors (Lipinski definition) is 4. The second-order valence-electron chi connectivity index (χ2n) is 2.74. The molecule has 0 aromatic carbocycles. The van der Waals surface area contributed by atoms with Crippen LogP contribution in [0.25, 0.3) is 0 Å². The molecule has 0 saturated carbocycles. The fraction of sp³-hybridized carbons (Fsp3) is 0.571. The van der Waals surface area contributed by atoms with Crippen LogP contribution in [0.2, 0.25) is 0 Å². The minimum Gasteiger partial charge on any atom is -0.450 e. The molecule has 1 aliphatic rings. The molecule has 6 heteroatoms. The Kier molecular flexibility index (Phi) is 2.84. The van der Waals surface area contributed by atoms with Crippen LogP contribution in [0.4, 0.5) is 4.79 Å². The number of carboxylic acid groups (broad SMARTS) is 1. The summed E-state index contributed by atoms with van der Waals surface area (Å²) in [7, 11) is 0. The maximum Gasteiger partial charge on any atom is 0.506 e. The van der Waals surface area contributed by atoms with Crippen molar-refractivity contribution in [3.63, 3.8) is 0 Å². The Labute approximate surface area is 74.0 Å². The molecule has 0 aliphatic heterocycles. The maximum absolute atomic E-state index is 10.3. The minimum atomic E-state index is -1.35. The van der Waals surface area contributed by atoms with Crippen molar-refractivity contribution in [1.29, 1.82) is 0 Å². The van der Waals surface area contributed by atoms with Crippen LogP contribution in [-0.2, 0) is 4.74 Å².